The highest BCUT2D eigenvalue weighted by molar-refractivity contribution is 7.86. The molecule has 0 aromatic heterocycles. The van der Waals surface area contributed by atoms with Crippen molar-refractivity contribution in [3.63, 3.8) is 0 Å². The Bertz CT molecular complexity index is 3700. The lowest BCUT2D eigenvalue weighted by molar-refractivity contribution is -0.144. The minimum Gasteiger partial charge on any atom is -0.444 e. The predicted molar refractivity (Wildman–Crippen MR) is 471 cm³/mol. The van der Waals surface area contributed by atoms with Crippen LogP contribution in [0.4, 0.5) is 85.4 Å². The molecule has 764 valence electrons. The normalized spacial score (nSPS) is 26.5. The van der Waals surface area contributed by atoms with Crippen molar-refractivity contribution in [2.24, 2.45) is 21.1 Å². The zero-order valence-electron chi connectivity index (χ0n) is 72.3. The van der Waals surface area contributed by atoms with E-state index in [-0.39, 0.29) is 135 Å². The zero-order chi connectivity index (χ0) is 94.7. The van der Waals surface area contributed by atoms with Gasteiger partial charge in [-0.3, -0.25) is 4.18 Å². The standard InChI is InChI=1S/C14H19F2NO.C12H21F2NO5S.3C11H18F2N4O2.C11H19F2NO3.C6H11F2NO.7CH4/c1-10(11-6-3-2-4-7-11)17-12-8-5-9-14(15,16)13(12)18;1-11(2,3)19-10(16)15-8-6-5-7-12(13,14)9(8)20-21(4,17)18;1-10(2,3)19-9(18)15-8-7(16-17-14)5-4-6-11(8,12)13;2*1-10(2,3)19-9(18)15-7-5-4-6-11(12,13)8(7)16-17-14;1-10(2,3)17-9(16)14-7-5-4-6-11(12,13)8(7)15;7-6(8)3-1-2-4(9)5(6)10;;;;;;;/h2-4,6-7,10,12-13,17-18H,5,8-9H2,1H3;8-9H,5-7H2,1-4H3,(H,15,16);3*7-8H,4-6H2,1-3H3,(H,15,18);7-8,15H,4-6H2,1-3H3,(H,14,16);4-5,10H,1-3,9H2;7*1H4/t10-,12+,13-;8-,9+;7-,8+;2*7-,8-;7-,8+;4-,5+;;;;;;;/m1010000......./s1. The maximum absolute atomic E-state index is 13.9. The number of aliphatic hydroxyl groups excluding tert-OH is 3. The lowest BCUT2D eigenvalue weighted by Gasteiger charge is -2.37. The number of nitrogens with two attached hydrogens (primary N) is 1. The number of ether oxygens (including phenoxy) is 5. The highest BCUT2D eigenvalue weighted by Crippen LogP contribution is 2.42. The van der Waals surface area contributed by atoms with Crippen LogP contribution in [0.25, 0.3) is 31.3 Å². The zero-order valence-corrected chi connectivity index (χ0v) is 73.2. The second-order valence-electron chi connectivity index (χ2n) is 35.9. The molecule has 0 unspecified atom stereocenters. The number of nitrogens with zero attached hydrogens (tertiary/aromatic N) is 9. The smallest absolute Gasteiger partial charge is 0.408 e. The summed E-state index contributed by atoms with van der Waals surface area (Å²) in [6.07, 6.45) is -8.14. The van der Waals surface area contributed by atoms with Gasteiger partial charge in [-0.2, -0.15) is 8.42 Å². The molecule has 0 spiro atoms. The predicted octanol–water partition coefficient (Wildman–Crippen LogP) is 22.1. The minimum atomic E-state index is -4.07. The quantitative estimate of drug-likeness (QED) is 0.0219. The van der Waals surface area contributed by atoms with Gasteiger partial charge >= 0.3 is 30.5 Å². The third-order valence-electron chi connectivity index (χ3n) is 19.0. The number of nitrogens with one attached hydrogen (secondary N) is 6. The molecule has 130 heavy (non-hydrogen) atoms. The van der Waals surface area contributed by atoms with Crippen LogP contribution in [0.2, 0.25) is 0 Å². The van der Waals surface area contributed by atoms with Gasteiger partial charge in [-0.1, -0.05) is 97.7 Å². The van der Waals surface area contributed by atoms with Gasteiger partial charge in [0, 0.05) is 89.9 Å². The first-order valence-corrected chi connectivity index (χ1v) is 42.0. The Morgan fingerprint density at radius 3 is 1.02 bits per heavy atom. The Hall–Kier alpha value is -7.77. The van der Waals surface area contributed by atoms with Crippen molar-refractivity contribution in [1.29, 1.82) is 0 Å². The van der Waals surface area contributed by atoms with Crippen molar-refractivity contribution in [2.45, 2.75) is 458 Å². The summed E-state index contributed by atoms with van der Waals surface area (Å²) in [5, 5.41) is 52.0. The summed E-state index contributed by atoms with van der Waals surface area (Å²) in [6.45, 7) is 26.8. The molecular weight excluding hydrogens is 1780 g/mol. The molecule has 0 saturated heterocycles. The molecule has 1 aromatic rings. The molecule has 11 N–H and O–H groups in total. The molecule has 15 atom stereocenters. The topological polar surface area (TPSA) is 480 Å². The third kappa shape index (κ3) is 49.3. The van der Waals surface area contributed by atoms with Gasteiger partial charge in [0.1, 0.15) is 64.4 Å². The number of rotatable bonds is 13. The summed E-state index contributed by atoms with van der Waals surface area (Å²) >= 11 is 0. The lowest BCUT2D eigenvalue weighted by Crippen LogP contribution is -2.56. The van der Waals surface area contributed by atoms with Crippen LogP contribution in [0, 0.1) is 0 Å². The van der Waals surface area contributed by atoms with Crippen molar-refractivity contribution >= 4 is 40.6 Å². The van der Waals surface area contributed by atoms with Gasteiger partial charge in [-0.05, 0) is 223 Å². The number of halogens is 14. The third-order valence-corrected chi connectivity index (χ3v) is 19.5. The Labute approximate surface area is 759 Å². The average Bonchev–Trinajstić information content (AvgIpc) is 0.795. The fraction of sp³-hybridized carbons (Fsp3) is 0.867. The minimum absolute atomic E-state index is 0. The summed E-state index contributed by atoms with van der Waals surface area (Å²) in [5.41, 5.74) is 27.7. The highest BCUT2D eigenvalue weighted by Gasteiger charge is 2.54. The van der Waals surface area contributed by atoms with Crippen molar-refractivity contribution in [1.82, 2.24) is 31.9 Å². The first-order valence-electron chi connectivity index (χ1n) is 40.2. The van der Waals surface area contributed by atoms with E-state index in [0.717, 1.165) is 5.56 Å². The van der Waals surface area contributed by atoms with Crippen LogP contribution in [-0.2, 0) is 38.0 Å². The van der Waals surface area contributed by atoms with Crippen LogP contribution in [0.1, 0.15) is 309 Å². The van der Waals surface area contributed by atoms with Crippen LogP contribution in [-0.4, -0.2) is 215 Å². The van der Waals surface area contributed by atoms with E-state index in [1.54, 1.807) is 104 Å². The van der Waals surface area contributed by atoms with E-state index in [4.69, 9.17) is 51.1 Å². The van der Waals surface area contributed by atoms with E-state index < -0.39 is 201 Å². The molecule has 32 nitrogen and oxygen atoms in total. The molecule has 47 heteroatoms. The number of alkyl carbamates (subject to hydrolysis) is 5. The first-order chi connectivity index (χ1) is 55.9. The summed E-state index contributed by atoms with van der Waals surface area (Å²) < 4.78 is 240. The highest BCUT2D eigenvalue weighted by atomic mass is 32.2. The van der Waals surface area contributed by atoms with Gasteiger partial charge in [-0.15, -0.1) is 0 Å². The van der Waals surface area contributed by atoms with Crippen LogP contribution in [0.5, 0.6) is 0 Å². The van der Waals surface area contributed by atoms with Crippen LogP contribution >= 0.6 is 0 Å². The molecule has 7 fully saturated rings. The van der Waals surface area contributed by atoms with Gasteiger partial charge < -0.3 is 76.6 Å². The maximum atomic E-state index is 13.9. The molecule has 7 aliphatic carbocycles. The van der Waals surface area contributed by atoms with Crippen LogP contribution in [0.3, 0.4) is 0 Å². The second kappa shape index (κ2) is 55.8. The number of alkyl halides is 14. The lowest BCUT2D eigenvalue weighted by atomic mass is 9.87. The van der Waals surface area contributed by atoms with E-state index >= 15 is 0 Å². The van der Waals surface area contributed by atoms with Gasteiger partial charge in [0.15, 0.2) is 6.10 Å². The molecule has 0 heterocycles. The van der Waals surface area contributed by atoms with Crippen molar-refractivity contribution < 1.29 is 137 Å². The molecular formula is C83H152F14N16O16S. The van der Waals surface area contributed by atoms with Crippen LogP contribution in [0.15, 0.2) is 45.7 Å². The number of hydrogen-bond acceptors (Lipinski definition) is 21. The van der Waals surface area contributed by atoms with E-state index in [2.05, 4.69) is 66.2 Å². The molecule has 8 rings (SSSR count). The Balaban J connectivity index is -0.000000344. The Morgan fingerprint density at radius 1 is 0.408 bits per heavy atom. The summed E-state index contributed by atoms with van der Waals surface area (Å²) in [6, 6.07) is -1.19. The molecule has 0 bridgehead atoms. The second-order valence-corrected chi connectivity index (χ2v) is 37.5. The fourth-order valence-corrected chi connectivity index (χ4v) is 14.1. The molecule has 7 saturated carbocycles. The van der Waals surface area contributed by atoms with Crippen molar-refractivity contribution in [3.8, 4) is 0 Å². The molecule has 5 amide bonds. The van der Waals surface area contributed by atoms with E-state index in [1.165, 1.54) is 0 Å². The number of benzene rings is 1. The Morgan fingerprint density at radius 2 is 0.685 bits per heavy atom. The van der Waals surface area contributed by atoms with Gasteiger partial charge in [-0.25, -0.2) is 85.4 Å². The van der Waals surface area contributed by atoms with Crippen molar-refractivity contribution in [3.05, 3.63) is 67.2 Å². The van der Waals surface area contributed by atoms with Crippen molar-refractivity contribution in [2.75, 3.05) is 6.26 Å². The summed E-state index contributed by atoms with van der Waals surface area (Å²) in [5.74, 6) is -21.7. The number of carbonyl (C=O) groups excluding carboxylic acids is 5. The SMILES string of the molecule is C.C.C.C.C.C.C.CC(C)(C)OC(=O)N[C@H]1CCCC(F)(F)[C@@H]1O.CC(C)(C)OC(=O)N[C@H]1CCCC(F)(F)[C@@H]1OS(C)(=O)=O.CC(C)(C)OC(=O)N[C@H]1CCCC(F)(F)[C@H]1N=[N+]=[N-].CC(C)(C)OC(=O)N[C@H]1CCCC(F)(F)[C@H]1N=[N+]=[N-].CC(C)(C)OC(=O)N[C@H]1[C@H](N=[N+]=[N-])CCCC1(F)F.C[C@@H](N[C@H]1CCCC(F)(F)[C@@H]1O)c1ccccc1.N[C@H]1CCCC(F)(F)[C@@H]1O. The van der Waals surface area contributed by atoms with Gasteiger partial charge in [0.2, 0.25) is 0 Å². The maximum Gasteiger partial charge on any atom is 0.408 e. The average molecular weight is 1930 g/mol. The monoisotopic (exact) mass is 1930 g/mol. The Kier molecular flexibility index (Phi) is 57.1. The van der Waals surface area contributed by atoms with Crippen LogP contribution < -0.4 is 37.6 Å². The number of aliphatic hydroxyl groups is 3. The first kappa shape index (κ1) is 133. The number of hydrogen-bond donors (Lipinski definition) is 10. The molecule has 0 aliphatic heterocycles. The van der Waals surface area contributed by atoms with Gasteiger partial charge in [0.05, 0.1) is 24.4 Å². The largest absolute Gasteiger partial charge is 0.444 e. The number of azide groups is 3. The number of amides is 5. The molecule has 1 aromatic carbocycles. The van der Waals surface area contributed by atoms with E-state index in [9.17, 15) is 104 Å². The van der Waals surface area contributed by atoms with Gasteiger partial charge in [0.25, 0.3) is 51.6 Å². The van der Waals surface area contributed by atoms with E-state index in [0.29, 0.717) is 57.6 Å². The summed E-state index contributed by atoms with van der Waals surface area (Å²) in [7, 11) is -4.07. The fourth-order valence-electron chi connectivity index (χ4n) is 13.5. The summed E-state index contributed by atoms with van der Waals surface area (Å²) in [4.78, 5) is 65.2. The molecule has 0 radical (unpaired) electrons. The number of carbonyl (C=O) groups is 5. The molecule has 7 aliphatic rings. The van der Waals surface area contributed by atoms with E-state index in [1.807, 2.05) is 37.3 Å².